The summed E-state index contributed by atoms with van der Waals surface area (Å²) in [4.78, 5) is 31.2. The summed E-state index contributed by atoms with van der Waals surface area (Å²) in [5.74, 6) is -0.298. The molecule has 0 bridgehead atoms. The van der Waals surface area contributed by atoms with Crippen LogP contribution in [0.25, 0.3) is 16.6 Å². The Balaban J connectivity index is 1.27. The van der Waals surface area contributed by atoms with Crippen molar-refractivity contribution in [2.24, 2.45) is 0 Å². The van der Waals surface area contributed by atoms with Gasteiger partial charge in [0.1, 0.15) is 0 Å². The zero-order valence-corrected chi connectivity index (χ0v) is 20.2. The lowest BCUT2D eigenvalue weighted by molar-refractivity contribution is -0.115. The quantitative estimate of drug-likeness (QED) is 0.214. The zero-order valence-electron chi connectivity index (χ0n) is 17.7. The van der Waals surface area contributed by atoms with Crippen LogP contribution < -0.4 is 10.6 Å². The monoisotopic (exact) mass is 491 g/mol. The lowest BCUT2D eigenvalue weighted by Crippen LogP contribution is -2.22. The second-order valence-corrected chi connectivity index (χ2v) is 10.2. The smallest absolute Gasteiger partial charge is 0.248 e. The van der Waals surface area contributed by atoms with Crippen LogP contribution in [0.4, 0.5) is 10.8 Å². The molecule has 5 nitrogen and oxygen atoms in total. The van der Waals surface area contributed by atoms with E-state index in [1.807, 2.05) is 84.4 Å². The van der Waals surface area contributed by atoms with Crippen LogP contribution in [-0.4, -0.2) is 22.0 Å². The fraction of sp³-hybridized carbons (Fsp3) is 0.0800. The molecule has 0 aliphatic heterocycles. The molecule has 0 spiro atoms. The van der Waals surface area contributed by atoms with Crippen molar-refractivity contribution in [3.8, 4) is 10.6 Å². The molecule has 0 aliphatic carbocycles. The Morgan fingerprint density at radius 1 is 0.970 bits per heavy atom. The summed E-state index contributed by atoms with van der Waals surface area (Å²) >= 11 is 4.49. The van der Waals surface area contributed by atoms with Gasteiger partial charge >= 0.3 is 0 Å². The van der Waals surface area contributed by atoms with Gasteiger partial charge in [0.15, 0.2) is 5.13 Å². The van der Waals surface area contributed by atoms with Crippen molar-refractivity contribution < 1.29 is 9.59 Å². The van der Waals surface area contributed by atoms with Crippen molar-refractivity contribution in [2.45, 2.75) is 17.1 Å². The summed E-state index contributed by atoms with van der Waals surface area (Å²) in [6.45, 7) is 1.86. The van der Waals surface area contributed by atoms with Gasteiger partial charge in [-0.2, -0.15) is 0 Å². The van der Waals surface area contributed by atoms with Gasteiger partial charge in [0.2, 0.25) is 11.8 Å². The second kappa shape index (κ2) is 11.1. The number of amides is 2. The number of thiazole rings is 1. The summed E-state index contributed by atoms with van der Waals surface area (Å²) in [6, 6.07) is 21.1. The molecule has 0 saturated heterocycles. The van der Waals surface area contributed by atoms with Crippen LogP contribution in [0.5, 0.6) is 0 Å². The minimum atomic E-state index is -0.298. The first-order valence-corrected chi connectivity index (χ1v) is 12.8. The third kappa shape index (κ3) is 6.64. The number of thiophene rings is 1. The Morgan fingerprint density at radius 3 is 2.48 bits per heavy atom. The number of aromatic nitrogens is 1. The van der Waals surface area contributed by atoms with E-state index >= 15 is 0 Å². The first kappa shape index (κ1) is 23.0. The Bertz CT molecular complexity index is 1230. The predicted octanol–water partition coefficient (Wildman–Crippen LogP) is 6.64. The van der Waals surface area contributed by atoms with Crippen LogP contribution in [0.3, 0.4) is 0 Å². The minimum absolute atomic E-state index is 0.101. The molecule has 2 aromatic carbocycles. The Labute approximate surface area is 204 Å². The van der Waals surface area contributed by atoms with Crippen molar-refractivity contribution in [2.75, 3.05) is 10.6 Å². The second-order valence-electron chi connectivity index (χ2n) is 7.02. The number of hydrogen-bond donors (Lipinski definition) is 2. The third-order valence-electron chi connectivity index (χ3n) is 4.54. The molecule has 2 N–H and O–H groups in total. The van der Waals surface area contributed by atoms with Crippen LogP contribution in [0.2, 0.25) is 0 Å². The first-order valence-electron chi connectivity index (χ1n) is 10.2. The summed E-state index contributed by atoms with van der Waals surface area (Å²) in [5, 5.41) is 9.99. The molecule has 166 valence electrons. The van der Waals surface area contributed by atoms with Gasteiger partial charge in [0.05, 0.1) is 15.8 Å². The van der Waals surface area contributed by atoms with Gasteiger partial charge in [-0.05, 0) is 54.3 Å². The van der Waals surface area contributed by atoms with E-state index in [4.69, 9.17) is 0 Å². The maximum atomic E-state index is 12.6. The van der Waals surface area contributed by atoms with E-state index in [1.165, 1.54) is 29.2 Å². The number of thioether (sulfide) groups is 1. The topological polar surface area (TPSA) is 71.1 Å². The van der Waals surface area contributed by atoms with E-state index < -0.39 is 0 Å². The van der Waals surface area contributed by atoms with Crippen molar-refractivity contribution in [1.29, 1.82) is 0 Å². The number of anilines is 2. The van der Waals surface area contributed by atoms with Gasteiger partial charge in [-0.15, -0.1) is 34.4 Å². The average Bonchev–Trinajstić information content (AvgIpc) is 3.52. The fourth-order valence-corrected chi connectivity index (χ4v) is 5.21. The molecule has 1 atom stereocenters. The van der Waals surface area contributed by atoms with Gasteiger partial charge < -0.3 is 10.6 Å². The van der Waals surface area contributed by atoms with Crippen LogP contribution in [0.1, 0.15) is 12.5 Å². The van der Waals surface area contributed by atoms with Crippen LogP contribution in [-0.2, 0) is 9.59 Å². The average molecular weight is 492 g/mol. The molecule has 2 amide bonds. The molecule has 2 aromatic heterocycles. The molecular formula is C25H21N3O2S3. The number of benzene rings is 2. The number of carbonyl (C=O) groups is 2. The number of rotatable bonds is 8. The predicted molar refractivity (Wildman–Crippen MR) is 140 cm³/mol. The van der Waals surface area contributed by atoms with Gasteiger partial charge in [0, 0.05) is 22.0 Å². The molecule has 4 rings (SSSR count). The lowest BCUT2D eigenvalue weighted by Gasteiger charge is -2.11. The van der Waals surface area contributed by atoms with Gasteiger partial charge in [-0.25, -0.2) is 4.98 Å². The normalized spacial score (nSPS) is 11.9. The molecule has 0 saturated carbocycles. The highest BCUT2D eigenvalue weighted by Crippen LogP contribution is 2.30. The van der Waals surface area contributed by atoms with Gasteiger partial charge in [0.25, 0.3) is 0 Å². The fourth-order valence-electron chi connectivity index (χ4n) is 2.87. The summed E-state index contributed by atoms with van der Waals surface area (Å²) < 4.78 is 0. The lowest BCUT2D eigenvalue weighted by atomic mass is 10.2. The highest BCUT2D eigenvalue weighted by molar-refractivity contribution is 8.00. The van der Waals surface area contributed by atoms with Crippen molar-refractivity contribution in [3.63, 3.8) is 0 Å². The van der Waals surface area contributed by atoms with Crippen molar-refractivity contribution in [3.05, 3.63) is 89.1 Å². The van der Waals surface area contributed by atoms with Crippen molar-refractivity contribution >= 4 is 63.1 Å². The number of nitrogens with one attached hydrogen (secondary N) is 2. The number of carbonyl (C=O) groups excluding carboxylic acids is 2. The Hall–Kier alpha value is -3.20. The van der Waals surface area contributed by atoms with Crippen LogP contribution >= 0.6 is 34.4 Å². The largest absolute Gasteiger partial charge is 0.323 e. The van der Waals surface area contributed by atoms with Gasteiger partial charge in [-0.1, -0.05) is 36.4 Å². The summed E-state index contributed by atoms with van der Waals surface area (Å²) in [7, 11) is 0. The molecule has 2 heterocycles. The van der Waals surface area contributed by atoms with Crippen LogP contribution in [0.15, 0.2) is 88.5 Å². The first-order chi connectivity index (χ1) is 16.1. The summed E-state index contributed by atoms with van der Waals surface area (Å²) in [5.41, 5.74) is 2.54. The maximum Gasteiger partial charge on any atom is 0.248 e. The van der Waals surface area contributed by atoms with E-state index in [-0.39, 0.29) is 17.1 Å². The van der Waals surface area contributed by atoms with E-state index in [2.05, 4.69) is 15.6 Å². The van der Waals surface area contributed by atoms with E-state index in [9.17, 15) is 9.59 Å². The zero-order chi connectivity index (χ0) is 23.0. The Kier molecular flexibility index (Phi) is 7.72. The minimum Gasteiger partial charge on any atom is -0.323 e. The highest BCUT2D eigenvalue weighted by Gasteiger charge is 2.16. The Morgan fingerprint density at radius 2 is 1.76 bits per heavy atom. The van der Waals surface area contributed by atoms with Gasteiger partial charge in [-0.3, -0.25) is 9.59 Å². The highest BCUT2D eigenvalue weighted by atomic mass is 32.2. The molecule has 8 heteroatoms. The summed E-state index contributed by atoms with van der Waals surface area (Å²) in [6.07, 6.45) is 3.28. The molecular weight excluding hydrogens is 470 g/mol. The molecule has 4 aromatic rings. The molecule has 33 heavy (non-hydrogen) atoms. The molecule has 0 aliphatic rings. The van der Waals surface area contributed by atoms with E-state index in [1.54, 1.807) is 17.4 Å². The van der Waals surface area contributed by atoms with Crippen molar-refractivity contribution in [1.82, 2.24) is 4.98 Å². The molecule has 0 fully saturated rings. The molecule has 1 unspecified atom stereocenters. The standard InChI is InChI=1S/C25H21N3O2S3/c1-17(24(30)28-25-27-21(16-32-25)22-8-5-15-31-22)33-20-12-10-19(11-13-20)26-23(29)14-9-18-6-3-2-4-7-18/h2-17H,1H3,(H,26,29)(H,27,28,30)/b14-9+. The van der Waals surface area contributed by atoms with Crippen LogP contribution in [0, 0.1) is 0 Å². The number of nitrogens with zero attached hydrogens (tertiary/aromatic N) is 1. The maximum absolute atomic E-state index is 12.6. The SMILES string of the molecule is CC(Sc1ccc(NC(=O)/C=C/c2ccccc2)cc1)C(=O)Nc1nc(-c2cccs2)cs1. The van der Waals surface area contributed by atoms with E-state index in [0.29, 0.717) is 10.8 Å². The third-order valence-corrected chi connectivity index (χ3v) is 7.30. The van der Waals surface area contributed by atoms with E-state index in [0.717, 1.165) is 21.0 Å². The molecule has 0 radical (unpaired) electrons. The number of hydrogen-bond acceptors (Lipinski definition) is 6.